The number of hydrogen-bond donors (Lipinski definition) is 0. The number of hydrogen-bond acceptors (Lipinski definition) is 5. The molecule has 4 atom stereocenters. The summed E-state index contributed by atoms with van der Waals surface area (Å²) in [7, 11) is 1.56. The highest BCUT2D eigenvalue weighted by atomic mass is 16.5. The monoisotopic (exact) mass is 341 g/mol. The second-order valence-corrected chi connectivity index (χ2v) is 6.73. The molecule has 0 N–H and O–H groups in total. The molecule has 0 radical (unpaired) electrons. The number of allylic oxidation sites excluding steroid dienone is 2. The summed E-state index contributed by atoms with van der Waals surface area (Å²) in [6.07, 6.45) is 5.00. The third-order valence-corrected chi connectivity index (χ3v) is 5.39. The highest BCUT2D eigenvalue weighted by Gasteiger charge is 2.59. The standard InChI is InChI=1S/C19H19NO5/c1-24-13-4-6-14(7-5-13)25-15(21)8-9-20-18(22)16-11-2-3-12(10-11)17(16)19(20)23/h2-7,11-12,16-17H,8-10H2,1H3/t11-,12-,16+,17+/m1/s1. The van der Waals surface area contributed by atoms with Crippen LogP contribution in [0.4, 0.5) is 0 Å². The van der Waals surface area contributed by atoms with Gasteiger partial charge in [0.2, 0.25) is 11.8 Å². The predicted octanol–water partition coefficient (Wildman–Crippen LogP) is 1.80. The molecule has 2 aliphatic carbocycles. The van der Waals surface area contributed by atoms with Crippen molar-refractivity contribution in [3.8, 4) is 11.5 Å². The molecule has 1 aromatic rings. The van der Waals surface area contributed by atoms with E-state index in [0.29, 0.717) is 11.5 Å². The average Bonchev–Trinajstić information content (AvgIpc) is 3.29. The number of esters is 1. The Balaban J connectivity index is 1.34. The lowest BCUT2D eigenvalue weighted by molar-refractivity contribution is -0.142. The number of carbonyl (C=O) groups is 3. The molecule has 1 aliphatic heterocycles. The van der Waals surface area contributed by atoms with Gasteiger partial charge < -0.3 is 9.47 Å². The first kappa shape index (κ1) is 15.9. The SMILES string of the molecule is COc1ccc(OC(=O)CCN2C(=O)[C@@H]3[C@@H](C2=O)[C@@H]2C=C[C@@H]3C2)cc1. The summed E-state index contributed by atoms with van der Waals surface area (Å²) >= 11 is 0. The number of amides is 2. The van der Waals surface area contributed by atoms with Crippen molar-refractivity contribution in [1.29, 1.82) is 0 Å². The zero-order valence-corrected chi connectivity index (χ0v) is 13.9. The van der Waals surface area contributed by atoms with Gasteiger partial charge in [0.15, 0.2) is 0 Å². The minimum atomic E-state index is -0.469. The first-order valence-electron chi connectivity index (χ1n) is 8.47. The van der Waals surface area contributed by atoms with Crippen molar-refractivity contribution in [2.24, 2.45) is 23.7 Å². The van der Waals surface area contributed by atoms with Crippen LogP contribution in [-0.2, 0) is 14.4 Å². The van der Waals surface area contributed by atoms with Crippen LogP contribution in [0.25, 0.3) is 0 Å². The fraction of sp³-hybridized carbons (Fsp3) is 0.421. The van der Waals surface area contributed by atoms with Gasteiger partial charge in [0, 0.05) is 6.54 Å². The topological polar surface area (TPSA) is 72.9 Å². The molecule has 0 spiro atoms. The van der Waals surface area contributed by atoms with Crippen molar-refractivity contribution in [3.05, 3.63) is 36.4 Å². The molecule has 25 heavy (non-hydrogen) atoms. The van der Waals surface area contributed by atoms with E-state index in [1.54, 1.807) is 31.4 Å². The van der Waals surface area contributed by atoms with Gasteiger partial charge in [-0.2, -0.15) is 0 Å². The molecule has 1 saturated carbocycles. The molecule has 6 nitrogen and oxygen atoms in total. The van der Waals surface area contributed by atoms with Crippen LogP contribution >= 0.6 is 0 Å². The van der Waals surface area contributed by atoms with E-state index in [0.717, 1.165) is 6.42 Å². The van der Waals surface area contributed by atoms with Crippen LogP contribution in [0.15, 0.2) is 36.4 Å². The minimum Gasteiger partial charge on any atom is -0.497 e. The van der Waals surface area contributed by atoms with E-state index >= 15 is 0 Å². The van der Waals surface area contributed by atoms with E-state index in [1.165, 1.54) is 4.90 Å². The Labute approximate surface area is 145 Å². The highest BCUT2D eigenvalue weighted by molar-refractivity contribution is 6.06. The van der Waals surface area contributed by atoms with Crippen LogP contribution in [0.5, 0.6) is 11.5 Å². The second-order valence-electron chi connectivity index (χ2n) is 6.73. The first-order valence-corrected chi connectivity index (χ1v) is 8.47. The van der Waals surface area contributed by atoms with Crippen molar-refractivity contribution >= 4 is 17.8 Å². The zero-order valence-electron chi connectivity index (χ0n) is 13.9. The lowest BCUT2D eigenvalue weighted by Crippen LogP contribution is -2.35. The van der Waals surface area contributed by atoms with Gasteiger partial charge in [0.25, 0.3) is 0 Å². The molecule has 0 aromatic heterocycles. The van der Waals surface area contributed by atoms with Crippen molar-refractivity contribution in [2.45, 2.75) is 12.8 Å². The Morgan fingerprint density at radius 2 is 1.60 bits per heavy atom. The Morgan fingerprint density at radius 1 is 1.04 bits per heavy atom. The predicted molar refractivity (Wildman–Crippen MR) is 87.7 cm³/mol. The molecule has 6 heteroatoms. The van der Waals surface area contributed by atoms with Gasteiger partial charge >= 0.3 is 5.97 Å². The number of likely N-dealkylation sites (tertiary alicyclic amines) is 1. The number of rotatable bonds is 5. The van der Waals surface area contributed by atoms with Crippen LogP contribution < -0.4 is 9.47 Å². The lowest BCUT2D eigenvalue weighted by Gasteiger charge is -2.16. The average molecular weight is 341 g/mol. The summed E-state index contributed by atoms with van der Waals surface area (Å²) in [5, 5.41) is 0. The molecule has 2 bridgehead atoms. The smallest absolute Gasteiger partial charge is 0.312 e. The Kier molecular flexibility index (Phi) is 3.82. The van der Waals surface area contributed by atoms with Crippen LogP contribution in [0.3, 0.4) is 0 Å². The van der Waals surface area contributed by atoms with Crippen molar-refractivity contribution in [2.75, 3.05) is 13.7 Å². The molecular formula is C19H19NO5. The number of methoxy groups -OCH3 is 1. The number of nitrogens with zero attached hydrogens (tertiary/aromatic N) is 1. The van der Waals surface area contributed by atoms with Gasteiger partial charge in [-0.15, -0.1) is 0 Å². The molecule has 1 saturated heterocycles. The maximum atomic E-state index is 12.5. The van der Waals surface area contributed by atoms with E-state index in [4.69, 9.17) is 9.47 Å². The quantitative estimate of drug-likeness (QED) is 0.353. The van der Waals surface area contributed by atoms with Gasteiger partial charge in [-0.25, -0.2) is 0 Å². The zero-order chi connectivity index (χ0) is 17.6. The maximum Gasteiger partial charge on any atom is 0.312 e. The van der Waals surface area contributed by atoms with Gasteiger partial charge in [-0.3, -0.25) is 19.3 Å². The van der Waals surface area contributed by atoms with Crippen LogP contribution in [0.1, 0.15) is 12.8 Å². The Hall–Kier alpha value is -2.63. The fourth-order valence-corrected chi connectivity index (χ4v) is 4.21. The number of carbonyl (C=O) groups excluding carboxylic acids is 3. The summed E-state index contributed by atoms with van der Waals surface area (Å²) in [5.74, 6) is 0.259. The fourth-order valence-electron chi connectivity index (χ4n) is 4.21. The lowest BCUT2D eigenvalue weighted by atomic mass is 9.85. The summed E-state index contributed by atoms with van der Waals surface area (Å²) in [6.45, 7) is 0.0824. The van der Waals surface area contributed by atoms with Crippen molar-refractivity contribution in [3.63, 3.8) is 0 Å². The summed E-state index contributed by atoms with van der Waals surface area (Å²) in [4.78, 5) is 38.3. The van der Waals surface area contributed by atoms with Crippen molar-refractivity contribution < 1.29 is 23.9 Å². The molecule has 2 fully saturated rings. The normalized spacial score (nSPS) is 29.2. The molecule has 1 aromatic carbocycles. The van der Waals surface area contributed by atoms with Gasteiger partial charge in [0.05, 0.1) is 25.4 Å². The largest absolute Gasteiger partial charge is 0.497 e. The summed E-state index contributed by atoms with van der Waals surface area (Å²) in [5.41, 5.74) is 0. The third kappa shape index (κ3) is 2.62. The van der Waals surface area contributed by atoms with Gasteiger partial charge in [-0.05, 0) is 42.5 Å². The Bertz CT molecular complexity index is 724. The first-order chi connectivity index (χ1) is 12.1. The molecule has 4 rings (SSSR count). The number of imide groups is 1. The van der Waals surface area contributed by atoms with Crippen LogP contribution in [0, 0.1) is 23.7 Å². The van der Waals surface area contributed by atoms with E-state index in [2.05, 4.69) is 12.2 Å². The summed E-state index contributed by atoms with van der Waals surface area (Å²) < 4.78 is 10.3. The van der Waals surface area contributed by atoms with Crippen LogP contribution in [0.2, 0.25) is 0 Å². The van der Waals surface area contributed by atoms with Crippen LogP contribution in [-0.4, -0.2) is 36.3 Å². The minimum absolute atomic E-state index is 0.00822. The molecule has 3 aliphatic rings. The highest BCUT2D eigenvalue weighted by Crippen LogP contribution is 2.52. The summed E-state index contributed by atoms with van der Waals surface area (Å²) in [6, 6.07) is 6.66. The third-order valence-electron chi connectivity index (χ3n) is 5.39. The molecule has 1 heterocycles. The van der Waals surface area contributed by atoms with E-state index in [-0.39, 0.29) is 48.5 Å². The van der Waals surface area contributed by atoms with Gasteiger partial charge in [-0.1, -0.05) is 12.2 Å². The maximum absolute atomic E-state index is 12.5. The van der Waals surface area contributed by atoms with Crippen molar-refractivity contribution in [1.82, 2.24) is 4.90 Å². The number of fused-ring (bicyclic) bond motifs is 5. The van der Waals surface area contributed by atoms with Gasteiger partial charge in [0.1, 0.15) is 11.5 Å². The second kappa shape index (κ2) is 6.02. The van der Waals surface area contributed by atoms with E-state index in [9.17, 15) is 14.4 Å². The molecular weight excluding hydrogens is 322 g/mol. The van der Waals surface area contributed by atoms with E-state index in [1.807, 2.05) is 0 Å². The number of ether oxygens (including phenoxy) is 2. The molecule has 130 valence electrons. The molecule has 2 amide bonds. The van der Waals surface area contributed by atoms with E-state index < -0.39 is 5.97 Å². The Morgan fingerprint density at radius 3 is 2.16 bits per heavy atom. The molecule has 0 unspecified atom stereocenters. The number of benzene rings is 1.